The van der Waals surface area contributed by atoms with Crippen LogP contribution in [0.4, 0.5) is 4.39 Å². The van der Waals surface area contributed by atoms with Gasteiger partial charge < -0.3 is 9.47 Å². The van der Waals surface area contributed by atoms with Gasteiger partial charge in [-0.1, -0.05) is 0 Å². The molecule has 2 heterocycles. The molecule has 3 nitrogen and oxygen atoms in total. The lowest BCUT2D eigenvalue weighted by Crippen LogP contribution is -2.37. The number of ether oxygens (including phenoxy) is 2. The summed E-state index contributed by atoms with van der Waals surface area (Å²) in [6.07, 6.45) is -0.0385. The Bertz CT molecular complexity index is 518. The second-order valence-corrected chi connectivity index (χ2v) is 4.66. The molecular weight excluding hydrogens is 209 g/mol. The highest BCUT2D eigenvalue weighted by Crippen LogP contribution is 2.53. The Kier molecular flexibility index (Phi) is 1.65. The van der Waals surface area contributed by atoms with Gasteiger partial charge in [0.1, 0.15) is 35.4 Å². The summed E-state index contributed by atoms with van der Waals surface area (Å²) in [6, 6.07) is 4.61. The van der Waals surface area contributed by atoms with Crippen LogP contribution in [0.1, 0.15) is 31.1 Å². The van der Waals surface area contributed by atoms with Gasteiger partial charge in [0.25, 0.3) is 0 Å². The molecule has 1 aromatic carbocycles. The van der Waals surface area contributed by atoms with Crippen molar-refractivity contribution in [2.75, 3.05) is 0 Å². The molecule has 0 N–H and O–H groups in total. The lowest BCUT2D eigenvalue weighted by Gasteiger charge is -2.29. The van der Waals surface area contributed by atoms with Crippen molar-refractivity contribution in [3.05, 3.63) is 29.1 Å². The highest BCUT2D eigenvalue weighted by Gasteiger charge is 2.56. The van der Waals surface area contributed by atoms with Gasteiger partial charge in [0.05, 0.1) is 5.56 Å². The molecule has 16 heavy (non-hydrogen) atoms. The van der Waals surface area contributed by atoms with E-state index < -0.39 is 11.4 Å². The van der Waals surface area contributed by atoms with E-state index in [2.05, 4.69) is 0 Å². The SMILES string of the molecule is CC1(C)Oc2cc(F)c(C#N)cc2C2OC21. The summed E-state index contributed by atoms with van der Waals surface area (Å²) >= 11 is 0. The van der Waals surface area contributed by atoms with Crippen LogP contribution in [0.25, 0.3) is 0 Å². The Labute approximate surface area is 92.4 Å². The van der Waals surface area contributed by atoms with Crippen molar-refractivity contribution < 1.29 is 13.9 Å². The lowest BCUT2D eigenvalue weighted by molar-refractivity contribution is 0.0721. The summed E-state index contributed by atoms with van der Waals surface area (Å²) in [5.41, 5.74) is 0.386. The predicted octanol–water partition coefficient (Wildman–Crippen LogP) is 2.31. The largest absolute Gasteiger partial charge is 0.485 e. The zero-order valence-corrected chi connectivity index (χ0v) is 8.95. The van der Waals surface area contributed by atoms with Crippen LogP contribution < -0.4 is 4.74 Å². The Morgan fingerprint density at radius 2 is 2.19 bits per heavy atom. The minimum atomic E-state index is -0.545. The van der Waals surface area contributed by atoms with Crippen LogP contribution >= 0.6 is 0 Å². The first kappa shape index (κ1) is 9.61. The number of fused-ring (bicyclic) bond motifs is 3. The molecule has 1 aromatic rings. The van der Waals surface area contributed by atoms with Crippen molar-refractivity contribution in [3.8, 4) is 11.8 Å². The molecule has 1 saturated heterocycles. The number of nitrogens with zero attached hydrogens (tertiary/aromatic N) is 1. The summed E-state index contributed by atoms with van der Waals surface area (Å²) in [5, 5.41) is 8.75. The van der Waals surface area contributed by atoms with Gasteiger partial charge in [0.15, 0.2) is 0 Å². The van der Waals surface area contributed by atoms with Crippen LogP contribution in [0.5, 0.6) is 5.75 Å². The molecule has 2 aliphatic heterocycles. The number of benzene rings is 1. The fourth-order valence-electron chi connectivity index (χ4n) is 2.19. The average molecular weight is 219 g/mol. The number of halogens is 1. The molecule has 0 aromatic heterocycles. The molecule has 0 spiro atoms. The fourth-order valence-corrected chi connectivity index (χ4v) is 2.19. The van der Waals surface area contributed by atoms with Gasteiger partial charge in [-0.15, -0.1) is 0 Å². The van der Waals surface area contributed by atoms with Gasteiger partial charge in [-0.2, -0.15) is 5.26 Å². The lowest BCUT2D eigenvalue weighted by atomic mass is 9.93. The molecule has 4 heteroatoms. The van der Waals surface area contributed by atoms with E-state index in [1.165, 1.54) is 12.1 Å². The Balaban J connectivity index is 2.14. The molecule has 3 rings (SSSR count). The first-order valence-corrected chi connectivity index (χ1v) is 5.11. The summed E-state index contributed by atoms with van der Waals surface area (Å²) in [7, 11) is 0. The van der Waals surface area contributed by atoms with Crippen molar-refractivity contribution >= 4 is 0 Å². The highest BCUT2D eigenvalue weighted by atomic mass is 19.1. The van der Waals surface area contributed by atoms with Crippen LogP contribution in [0.2, 0.25) is 0 Å². The van der Waals surface area contributed by atoms with Gasteiger partial charge in [-0.3, -0.25) is 0 Å². The normalized spacial score (nSPS) is 28.4. The van der Waals surface area contributed by atoms with E-state index in [0.29, 0.717) is 5.75 Å². The number of epoxide rings is 1. The summed E-state index contributed by atoms with van der Waals surface area (Å²) < 4.78 is 24.6. The van der Waals surface area contributed by atoms with Crippen molar-refractivity contribution in [1.29, 1.82) is 5.26 Å². The number of rotatable bonds is 0. The minimum absolute atomic E-state index is 0.0111. The zero-order valence-electron chi connectivity index (χ0n) is 8.95. The van der Waals surface area contributed by atoms with E-state index in [9.17, 15) is 4.39 Å². The standard InChI is InChI=1S/C12H10FNO2/c1-12(2)11-10(15-11)7-3-6(5-14)8(13)4-9(7)16-12/h3-4,10-11H,1-2H3. The molecule has 0 aliphatic carbocycles. The van der Waals surface area contributed by atoms with E-state index in [-0.39, 0.29) is 17.8 Å². The third-order valence-corrected chi connectivity index (χ3v) is 3.08. The van der Waals surface area contributed by atoms with Crippen LogP contribution in [0.3, 0.4) is 0 Å². The maximum absolute atomic E-state index is 13.4. The molecule has 2 unspecified atom stereocenters. The predicted molar refractivity (Wildman–Crippen MR) is 53.4 cm³/mol. The topological polar surface area (TPSA) is 45.5 Å². The van der Waals surface area contributed by atoms with Gasteiger partial charge in [-0.05, 0) is 19.9 Å². The van der Waals surface area contributed by atoms with E-state index >= 15 is 0 Å². The number of hydrogen-bond donors (Lipinski definition) is 0. The second-order valence-electron chi connectivity index (χ2n) is 4.66. The van der Waals surface area contributed by atoms with Crippen LogP contribution in [-0.2, 0) is 4.74 Å². The van der Waals surface area contributed by atoms with Crippen molar-refractivity contribution in [2.24, 2.45) is 0 Å². The monoisotopic (exact) mass is 219 g/mol. The van der Waals surface area contributed by atoms with Crippen molar-refractivity contribution in [1.82, 2.24) is 0 Å². The van der Waals surface area contributed by atoms with Gasteiger partial charge in [0, 0.05) is 11.6 Å². The molecule has 0 bridgehead atoms. The third kappa shape index (κ3) is 1.15. The minimum Gasteiger partial charge on any atom is -0.485 e. The maximum atomic E-state index is 13.4. The zero-order chi connectivity index (χ0) is 11.5. The van der Waals surface area contributed by atoms with Gasteiger partial charge >= 0.3 is 0 Å². The molecular formula is C12H10FNO2. The molecule has 1 fully saturated rings. The highest BCUT2D eigenvalue weighted by molar-refractivity contribution is 5.48. The average Bonchev–Trinajstić information content (AvgIpc) is 2.97. The Morgan fingerprint density at radius 3 is 2.88 bits per heavy atom. The molecule has 2 atom stereocenters. The molecule has 0 amide bonds. The molecule has 82 valence electrons. The summed E-state index contributed by atoms with van der Waals surface area (Å²) in [6.45, 7) is 3.83. The maximum Gasteiger partial charge on any atom is 0.144 e. The molecule has 0 saturated carbocycles. The van der Waals surface area contributed by atoms with Crippen LogP contribution in [0.15, 0.2) is 12.1 Å². The Hall–Kier alpha value is -1.60. The number of hydrogen-bond acceptors (Lipinski definition) is 3. The van der Waals surface area contributed by atoms with Gasteiger partial charge in [-0.25, -0.2) is 4.39 Å². The van der Waals surface area contributed by atoms with E-state index in [4.69, 9.17) is 14.7 Å². The second kappa shape index (κ2) is 2.74. The van der Waals surface area contributed by atoms with Crippen LogP contribution in [-0.4, -0.2) is 11.7 Å². The first-order valence-electron chi connectivity index (χ1n) is 5.11. The van der Waals surface area contributed by atoms with E-state index in [0.717, 1.165) is 5.56 Å². The number of nitriles is 1. The van der Waals surface area contributed by atoms with E-state index in [1.54, 1.807) is 0 Å². The van der Waals surface area contributed by atoms with Crippen LogP contribution in [0, 0.1) is 17.1 Å². The quantitative estimate of drug-likeness (QED) is 0.629. The molecule has 0 radical (unpaired) electrons. The molecule has 2 aliphatic rings. The smallest absolute Gasteiger partial charge is 0.144 e. The van der Waals surface area contributed by atoms with E-state index in [1.807, 2.05) is 19.9 Å². The van der Waals surface area contributed by atoms with Crippen molar-refractivity contribution in [3.63, 3.8) is 0 Å². The van der Waals surface area contributed by atoms with Crippen molar-refractivity contribution in [2.45, 2.75) is 31.7 Å². The summed E-state index contributed by atoms with van der Waals surface area (Å²) in [4.78, 5) is 0. The summed E-state index contributed by atoms with van der Waals surface area (Å²) in [5.74, 6) is -0.0589. The third-order valence-electron chi connectivity index (χ3n) is 3.08. The van der Waals surface area contributed by atoms with Gasteiger partial charge in [0.2, 0.25) is 0 Å². The fraction of sp³-hybridized carbons (Fsp3) is 0.417. The first-order chi connectivity index (χ1) is 7.53. The Morgan fingerprint density at radius 1 is 1.44 bits per heavy atom.